The summed E-state index contributed by atoms with van der Waals surface area (Å²) in [5, 5.41) is 3.60. The Morgan fingerprint density at radius 3 is 2.50 bits per heavy atom. The van der Waals surface area contributed by atoms with E-state index in [1.54, 1.807) is 35.8 Å². The first-order chi connectivity index (χ1) is 16.6. The fourth-order valence-electron chi connectivity index (χ4n) is 4.59. The molecule has 3 heterocycles. The van der Waals surface area contributed by atoms with Crippen molar-refractivity contribution in [3.63, 3.8) is 0 Å². The molecular formula is C27H27N5OS. The lowest BCUT2D eigenvalue weighted by atomic mass is 9.98. The zero-order chi connectivity index (χ0) is 23.7. The Hall–Kier alpha value is -3.42. The topological polar surface area (TPSA) is 63.1 Å². The molecule has 7 heteroatoms. The highest BCUT2D eigenvalue weighted by molar-refractivity contribution is 7.98. The van der Waals surface area contributed by atoms with E-state index in [0.717, 1.165) is 29.0 Å². The average Bonchev–Trinajstić information content (AvgIpc) is 2.90. The van der Waals surface area contributed by atoms with Gasteiger partial charge in [0.2, 0.25) is 5.95 Å². The summed E-state index contributed by atoms with van der Waals surface area (Å²) in [6.45, 7) is 0.872. The molecule has 0 spiro atoms. The molecule has 1 unspecified atom stereocenters. The molecule has 2 aromatic heterocycles. The Balaban J connectivity index is 1.68. The second kappa shape index (κ2) is 9.44. The van der Waals surface area contributed by atoms with E-state index in [2.05, 4.69) is 39.5 Å². The van der Waals surface area contributed by atoms with E-state index in [4.69, 9.17) is 4.98 Å². The number of hydrogen-bond donors (Lipinski definition) is 1. The number of benzene rings is 2. The van der Waals surface area contributed by atoms with Crippen LogP contribution in [0.3, 0.4) is 0 Å². The molecule has 0 bridgehead atoms. The van der Waals surface area contributed by atoms with Crippen LogP contribution in [0.1, 0.15) is 17.3 Å². The average molecular weight is 470 g/mol. The van der Waals surface area contributed by atoms with E-state index in [1.165, 1.54) is 11.1 Å². The molecule has 5 rings (SSSR count). The molecule has 172 valence electrons. The van der Waals surface area contributed by atoms with Crippen LogP contribution in [-0.4, -0.2) is 34.4 Å². The van der Waals surface area contributed by atoms with Gasteiger partial charge in [-0.15, -0.1) is 11.8 Å². The summed E-state index contributed by atoms with van der Waals surface area (Å²) in [4.78, 5) is 26.3. The predicted octanol–water partition coefficient (Wildman–Crippen LogP) is 4.51. The number of rotatable bonds is 5. The summed E-state index contributed by atoms with van der Waals surface area (Å²) in [6.07, 6.45) is 6.43. The number of nitrogens with one attached hydrogen (secondary N) is 1. The number of thioether (sulfide) groups is 1. The van der Waals surface area contributed by atoms with Crippen LogP contribution in [0.15, 0.2) is 82.7 Å². The SMILES string of the molecule is CSc1ccc(-c2c(-c3ccncc3)nc(N(C)C3NCCc4ccccc43)n(C)c2=O)cc1. The van der Waals surface area contributed by atoms with Gasteiger partial charge >= 0.3 is 0 Å². The minimum absolute atomic E-state index is 0.0694. The molecule has 1 N–H and O–H groups in total. The fraction of sp³-hybridized carbons (Fsp3) is 0.222. The molecule has 1 atom stereocenters. The first kappa shape index (κ1) is 22.4. The van der Waals surface area contributed by atoms with E-state index in [-0.39, 0.29) is 11.7 Å². The second-order valence-electron chi connectivity index (χ2n) is 8.38. The van der Waals surface area contributed by atoms with Crippen LogP contribution in [-0.2, 0) is 13.5 Å². The number of pyridine rings is 1. The Morgan fingerprint density at radius 1 is 1.03 bits per heavy atom. The fourth-order valence-corrected chi connectivity index (χ4v) is 4.99. The molecular weight excluding hydrogens is 442 g/mol. The van der Waals surface area contributed by atoms with Crippen LogP contribution in [0.2, 0.25) is 0 Å². The van der Waals surface area contributed by atoms with E-state index >= 15 is 0 Å². The molecule has 1 aliphatic heterocycles. The maximum atomic E-state index is 13.8. The third-order valence-corrected chi connectivity index (χ3v) is 7.13. The lowest BCUT2D eigenvalue weighted by Gasteiger charge is -2.35. The highest BCUT2D eigenvalue weighted by Gasteiger charge is 2.27. The van der Waals surface area contributed by atoms with Gasteiger partial charge in [0.15, 0.2) is 0 Å². The monoisotopic (exact) mass is 469 g/mol. The third-order valence-electron chi connectivity index (χ3n) is 6.38. The number of hydrogen-bond acceptors (Lipinski definition) is 6. The van der Waals surface area contributed by atoms with Gasteiger partial charge in [0.05, 0.1) is 11.3 Å². The van der Waals surface area contributed by atoms with Gasteiger partial charge in [-0.2, -0.15) is 0 Å². The summed E-state index contributed by atoms with van der Waals surface area (Å²) in [5.41, 5.74) is 5.43. The Labute approximate surface area is 203 Å². The van der Waals surface area contributed by atoms with Gasteiger partial charge in [-0.3, -0.25) is 19.7 Å². The summed E-state index contributed by atoms with van der Waals surface area (Å²) in [6, 6.07) is 20.3. The first-order valence-corrected chi connectivity index (χ1v) is 12.5. The van der Waals surface area contributed by atoms with Crippen molar-refractivity contribution in [2.75, 3.05) is 24.7 Å². The second-order valence-corrected chi connectivity index (χ2v) is 9.26. The summed E-state index contributed by atoms with van der Waals surface area (Å²) in [5.74, 6) is 0.607. The van der Waals surface area contributed by atoms with Crippen molar-refractivity contribution < 1.29 is 0 Å². The summed E-state index contributed by atoms with van der Waals surface area (Å²) < 4.78 is 1.65. The minimum Gasteiger partial charge on any atom is -0.325 e. The molecule has 4 aromatic rings. The van der Waals surface area contributed by atoms with Crippen molar-refractivity contribution in [1.29, 1.82) is 0 Å². The molecule has 0 aliphatic carbocycles. The van der Waals surface area contributed by atoms with E-state index < -0.39 is 0 Å². The van der Waals surface area contributed by atoms with Gasteiger partial charge < -0.3 is 4.90 Å². The van der Waals surface area contributed by atoms with Crippen LogP contribution in [0.25, 0.3) is 22.4 Å². The van der Waals surface area contributed by atoms with Crippen molar-refractivity contribution in [2.45, 2.75) is 17.5 Å². The van der Waals surface area contributed by atoms with Crippen molar-refractivity contribution in [3.05, 3.63) is 94.5 Å². The van der Waals surface area contributed by atoms with Crippen LogP contribution in [0.5, 0.6) is 0 Å². The maximum absolute atomic E-state index is 13.8. The first-order valence-electron chi connectivity index (χ1n) is 11.3. The van der Waals surface area contributed by atoms with Crippen LogP contribution >= 0.6 is 11.8 Å². The standard InChI is InChI=1S/C27H27N5OS/c1-31(25-22-7-5-4-6-18(22)14-17-29-25)27-30-24(20-12-15-28-16-13-20)23(26(33)32(27)2)19-8-10-21(34-3)11-9-19/h4-13,15-16,25,29H,14,17H2,1-3H3. The molecule has 1 aliphatic rings. The van der Waals surface area contributed by atoms with Gasteiger partial charge in [-0.1, -0.05) is 36.4 Å². The van der Waals surface area contributed by atoms with Crippen molar-refractivity contribution in [1.82, 2.24) is 19.9 Å². The molecule has 0 amide bonds. The molecule has 34 heavy (non-hydrogen) atoms. The quantitative estimate of drug-likeness (QED) is 0.434. The minimum atomic E-state index is -0.0790. The van der Waals surface area contributed by atoms with Crippen LogP contribution in [0, 0.1) is 0 Å². The van der Waals surface area contributed by atoms with Crippen LogP contribution in [0.4, 0.5) is 5.95 Å². The Kier molecular flexibility index (Phi) is 6.22. The molecule has 2 aromatic carbocycles. The number of fused-ring (bicyclic) bond motifs is 1. The largest absolute Gasteiger partial charge is 0.325 e. The lowest BCUT2D eigenvalue weighted by molar-refractivity contribution is 0.486. The van der Waals surface area contributed by atoms with Gasteiger partial charge in [0.1, 0.15) is 6.17 Å². The third kappa shape index (κ3) is 4.02. The highest BCUT2D eigenvalue weighted by atomic mass is 32.2. The van der Waals surface area contributed by atoms with Crippen molar-refractivity contribution >= 4 is 17.7 Å². The molecule has 6 nitrogen and oxygen atoms in total. The highest BCUT2D eigenvalue weighted by Crippen LogP contribution is 2.33. The van der Waals surface area contributed by atoms with Gasteiger partial charge in [-0.05, 0) is 53.6 Å². The molecule has 0 fully saturated rings. The van der Waals surface area contributed by atoms with Crippen molar-refractivity contribution in [2.24, 2.45) is 7.05 Å². The van der Waals surface area contributed by atoms with Gasteiger partial charge in [-0.25, -0.2) is 4.98 Å². The molecule has 0 saturated heterocycles. The zero-order valence-corrected chi connectivity index (χ0v) is 20.3. The van der Waals surface area contributed by atoms with Gasteiger partial charge in [0.25, 0.3) is 5.56 Å². The zero-order valence-electron chi connectivity index (χ0n) is 19.5. The maximum Gasteiger partial charge on any atom is 0.263 e. The number of nitrogens with zero attached hydrogens (tertiary/aromatic N) is 4. The number of aromatic nitrogens is 3. The lowest BCUT2D eigenvalue weighted by Crippen LogP contribution is -2.43. The smallest absolute Gasteiger partial charge is 0.263 e. The van der Waals surface area contributed by atoms with E-state index in [0.29, 0.717) is 17.2 Å². The van der Waals surface area contributed by atoms with Crippen LogP contribution < -0.4 is 15.8 Å². The summed E-state index contributed by atoms with van der Waals surface area (Å²) >= 11 is 1.68. The Bertz CT molecular complexity index is 1370. The van der Waals surface area contributed by atoms with E-state index in [9.17, 15) is 4.79 Å². The van der Waals surface area contributed by atoms with E-state index in [1.807, 2.05) is 49.7 Å². The predicted molar refractivity (Wildman–Crippen MR) is 139 cm³/mol. The molecule has 0 saturated carbocycles. The summed E-state index contributed by atoms with van der Waals surface area (Å²) in [7, 11) is 3.79. The Morgan fingerprint density at radius 2 is 1.76 bits per heavy atom. The van der Waals surface area contributed by atoms with Gasteiger partial charge in [0, 0.05) is 43.5 Å². The normalized spacial score (nSPS) is 15.1. The molecule has 0 radical (unpaired) electrons. The van der Waals surface area contributed by atoms with Crippen molar-refractivity contribution in [3.8, 4) is 22.4 Å². The number of anilines is 1.